The van der Waals surface area contributed by atoms with Crippen LogP contribution in [0.2, 0.25) is 0 Å². The molecule has 0 radical (unpaired) electrons. The Bertz CT molecular complexity index is 900. The fourth-order valence-electron chi connectivity index (χ4n) is 3.03. The zero-order chi connectivity index (χ0) is 20.3. The van der Waals surface area contributed by atoms with Gasteiger partial charge in [-0.05, 0) is 51.7 Å². The number of amides is 1. The maximum atomic E-state index is 12.8. The molecule has 0 aromatic heterocycles. The summed E-state index contributed by atoms with van der Waals surface area (Å²) in [7, 11) is 0. The lowest BCUT2D eigenvalue weighted by Gasteiger charge is -2.24. The zero-order valence-corrected chi connectivity index (χ0v) is 17.2. The molecule has 28 heavy (non-hydrogen) atoms. The molecule has 1 atom stereocenters. The van der Waals surface area contributed by atoms with Crippen molar-refractivity contribution in [2.45, 2.75) is 26.3 Å². The minimum absolute atomic E-state index is 0.0964. The fourth-order valence-corrected chi connectivity index (χ4v) is 3.42. The Balaban J connectivity index is 1.86. The van der Waals surface area contributed by atoms with E-state index < -0.39 is 4.92 Å². The molecule has 8 heteroatoms. The number of rotatable bonds is 5. The predicted octanol–water partition coefficient (Wildman–Crippen LogP) is 4.65. The second-order valence-corrected chi connectivity index (χ2v) is 7.73. The molecular formula is C20H21BrN2O5. The van der Waals surface area contributed by atoms with Crippen molar-refractivity contribution in [1.29, 1.82) is 0 Å². The van der Waals surface area contributed by atoms with Crippen LogP contribution in [0.5, 0.6) is 11.5 Å². The molecule has 148 valence electrons. The highest BCUT2D eigenvalue weighted by molar-refractivity contribution is 9.10. The molecule has 1 unspecified atom stereocenters. The van der Waals surface area contributed by atoms with Crippen LogP contribution in [-0.2, 0) is 0 Å². The Morgan fingerprint density at radius 1 is 1.14 bits per heavy atom. The molecule has 1 aliphatic rings. The van der Waals surface area contributed by atoms with Gasteiger partial charge < -0.3 is 14.8 Å². The van der Waals surface area contributed by atoms with Crippen LogP contribution < -0.4 is 14.8 Å². The van der Waals surface area contributed by atoms with Gasteiger partial charge in [-0.25, -0.2) is 0 Å². The minimum Gasteiger partial charge on any atom is -0.490 e. The number of nitrogens with one attached hydrogen (secondary N) is 1. The van der Waals surface area contributed by atoms with Gasteiger partial charge in [0.15, 0.2) is 11.5 Å². The quantitative estimate of drug-likeness (QED) is 0.530. The van der Waals surface area contributed by atoms with E-state index >= 15 is 0 Å². The molecule has 0 spiro atoms. The second-order valence-electron chi connectivity index (χ2n) is 6.88. The van der Waals surface area contributed by atoms with E-state index in [-0.39, 0.29) is 29.1 Å². The van der Waals surface area contributed by atoms with Crippen molar-refractivity contribution in [3.05, 3.63) is 62.1 Å². The molecule has 7 nitrogen and oxygen atoms in total. The number of fused-ring (bicyclic) bond motifs is 1. The molecule has 0 bridgehead atoms. The van der Waals surface area contributed by atoms with Gasteiger partial charge in [-0.2, -0.15) is 0 Å². The molecule has 3 rings (SSSR count). The maximum absolute atomic E-state index is 12.8. The number of nitrogens with zero attached hydrogens (tertiary/aromatic N) is 1. The second kappa shape index (κ2) is 8.60. The van der Waals surface area contributed by atoms with Gasteiger partial charge in [0.05, 0.1) is 28.7 Å². The van der Waals surface area contributed by atoms with Crippen LogP contribution in [0, 0.1) is 16.0 Å². The van der Waals surface area contributed by atoms with Gasteiger partial charge >= 0.3 is 0 Å². The highest BCUT2D eigenvalue weighted by Crippen LogP contribution is 2.34. The SMILES string of the molecule is CC(C)C(NC(=O)c1ccc(Br)c([N+](=O)[O-])c1)c1ccc2c(c1)OCCCO2. The van der Waals surface area contributed by atoms with Gasteiger partial charge in [-0.3, -0.25) is 14.9 Å². The summed E-state index contributed by atoms with van der Waals surface area (Å²) in [6.45, 7) is 5.19. The van der Waals surface area contributed by atoms with Gasteiger partial charge in [-0.15, -0.1) is 0 Å². The fraction of sp³-hybridized carbons (Fsp3) is 0.350. The van der Waals surface area contributed by atoms with E-state index in [1.807, 2.05) is 32.0 Å². The molecule has 0 aliphatic carbocycles. The van der Waals surface area contributed by atoms with Crippen LogP contribution in [0.15, 0.2) is 40.9 Å². The average molecular weight is 449 g/mol. The third-order valence-electron chi connectivity index (χ3n) is 4.49. The Morgan fingerprint density at radius 3 is 2.54 bits per heavy atom. The smallest absolute Gasteiger partial charge is 0.284 e. The first-order valence-corrected chi connectivity index (χ1v) is 9.80. The van der Waals surface area contributed by atoms with Crippen molar-refractivity contribution in [2.24, 2.45) is 5.92 Å². The monoisotopic (exact) mass is 448 g/mol. The summed E-state index contributed by atoms with van der Waals surface area (Å²) in [6.07, 6.45) is 0.816. The topological polar surface area (TPSA) is 90.7 Å². The Labute approximate surface area is 171 Å². The van der Waals surface area contributed by atoms with Crippen molar-refractivity contribution in [3.8, 4) is 11.5 Å². The zero-order valence-electron chi connectivity index (χ0n) is 15.6. The third kappa shape index (κ3) is 4.44. The number of carbonyl (C=O) groups is 1. The van der Waals surface area contributed by atoms with Crippen molar-refractivity contribution < 1.29 is 19.2 Å². The number of benzene rings is 2. The van der Waals surface area contributed by atoms with E-state index in [2.05, 4.69) is 21.2 Å². The number of hydrogen-bond donors (Lipinski definition) is 1. The Hall–Kier alpha value is -2.61. The van der Waals surface area contributed by atoms with Crippen molar-refractivity contribution >= 4 is 27.5 Å². The Morgan fingerprint density at radius 2 is 1.86 bits per heavy atom. The van der Waals surface area contributed by atoms with Crippen LogP contribution >= 0.6 is 15.9 Å². The summed E-state index contributed by atoms with van der Waals surface area (Å²) in [6, 6.07) is 9.68. The first-order chi connectivity index (χ1) is 13.4. The molecule has 1 N–H and O–H groups in total. The van der Waals surface area contributed by atoms with Crippen LogP contribution in [0.25, 0.3) is 0 Å². The molecule has 1 heterocycles. The van der Waals surface area contributed by atoms with Crippen molar-refractivity contribution in [3.63, 3.8) is 0 Å². The first kappa shape index (κ1) is 20.1. The molecule has 0 saturated carbocycles. The minimum atomic E-state index is -0.523. The van der Waals surface area contributed by atoms with Gasteiger partial charge in [0.25, 0.3) is 11.6 Å². The van der Waals surface area contributed by atoms with E-state index in [1.54, 1.807) is 6.07 Å². The van der Waals surface area contributed by atoms with Crippen LogP contribution in [0.1, 0.15) is 42.2 Å². The number of ether oxygens (including phenoxy) is 2. The van der Waals surface area contributed by atoms with Crippen molar-refractivity contribution in [1.82, 2.24) is 5.32 Å². The first-order valence-electron chi connectivity index (χ1n) is 9.01. The molecule has 2 aromatic rings. The van der Waals surface area contributed by atoms with E-state index in [9.17, 15) is 14.9 Å². The van der Waals surface area contributed by atoms with Gasteiger partial charge in [0, 0.05) is 18.1 Å². The highest BCUT2D eigenvalue weighted by atomic mass is 79.9. The predicted molar refractivity (Wildman–Crippen MR) is 108 cm³/mol. The molecule has 1 aliphatic heterocycles. The summed E-state index contributed by atoms with van der Waals surface area (Å²) in [4.78, 5) is 23.4. The van der Waals surface area contributed by atoms with E-state index in [4.69, 9.17) is 9.47 Å². The Kier molecular flexibility index (Phi) is 6.18. The van der Waals surface area contributed by atoms with E-state index in [0.29, 0.717) is 29.2 Å². The largest absolute Gasteiger partial charge is 0.490 e. The third-order valence-corrected chi connectivity index (χ3v) is 5.16. The van der Waals surface area contributed by atoms with Gasteiger partial charge in [0.2, 0.25) is 0 Å². The standard InChI is InChI=1S/C20H21BrN2O5/c1-12(2)19(13-5-7-17-18(11-13)28-9-3-8-27-17)22-20(24)14-4-6-15(21)16(10-14)23(25)26/h4-7,10-12,19H,3,8-9H2,1-2H3,(H,22,24). The van der Waals surface area contributed by atoms with Gasteiger partial charge in [0.1, 0.15) is 0 Å². The lowest BCUT2D eigenvalue weighted by molar-refractivity contribution is -0.385. The summed E-state index contributed by atoms with van der Waals surface area (Å²) in [5.74, 6) is 1.08. The molecule has 1 amide bonds. The lowest BCUT2D eigenvalue weighted by Crippen LogP contribution is -2.31. The molecule has 0 fully saturated rings. The lowest BCUT2D eigenvalue weighted by atomic mass is 9.95. The average Bonchev–Trinajstić information content (AvgIpc) is 2.90. The highest BCUT2D eigenvalue weighted by Gasteiger charge is 2.23. The van der Waals surface area contributed by atoms with Gasteiger partial charge in [-0.1, -0.05) is 19.9 Å². The number of hydrogen-bond acceptors (Lipinski definition) is 5. The number of halogens is 1. The van der Waals surface area contributed by atoms with E-state index in [0.717, 1.165) is 12.0 Å². The molecule has 0 saturated heterocycles. The normalized spacial score (nSPS) is 14.3. The number of carbonyl (C=O) groups excluding carboxylic acids is 1. The summed E-state index contributed by atoms with van der Waals surface area (Å²) < 4.78 is 11.7. The van der Waals surface area contributed by atoms with E-state index in [1.165, 1.54) is 12.1 Å². The molecular weight excluding hydrogens is 428 g/mol. The summed E-state index contributed by atoms with van der Waals surface area (Å²) >= 11 is 3.13. The maximum Gasteiger partial charge on any atom is 0.284 e. The van der Waals surface area contributed by atoms with Crippen molar-refractivity contribution in [2.75, 3.05) is 13.2 Å². The number of nitro benzene ring substituents is 1. The van der Waals surface area contributed by atoms with Crippen LogP contribution in [-0.4, -0.2) is 24.0 Å². The molecule has 2 aromatic carbocycles. The van der Waals surface area contributed by atoms with Crippen LogP contribution in [0.3, 0.4) is 0 Å². The summed E-state index contributed by atoms with van der Waals surface area (Å²) in [5, 5.41) is 14.1. The number of nitro groups is 1. The van der Waals surface area contributed by atoms with Crippen LogP contribution in [0.4, 0.5) is 5.69 Å². The summed E-state index contributed by atoms with van der Waals surface area (Å²) in [5.41, 5.74) is 0.971.